The molecule has 0 aliphatic carbocycles. The minimum Gasteiger partial charge on any atom is -0.377 e. The molecule has 1 fully saturated rings. The van der Waals surface area contributed by atoms with Crippen molar-refractivity contribution in [3.05, 3.63) is 23.5 Å². The average Bonchev–Trinajstić information content (AvgIpc) is 3.02. The number of rotatable bonds is 6. The molecule has 0 unspecified atom stereocenters. The van der Waals surface area contributed by atoms with E-state index >= 15 is 0 Å². The van der Waals surface area contributed by atoms with Crippen LogP contribution in [0.2, 0.25) is 0 Å². The van der Waals surface area contributed by atoms with Crippen molar-refractivity contribution in [3.8, 4) is 0 Å². The summed E-state index contributed by atoms with van der Waals surface area (Å²) in [5.74, 6) is 2.50. The number of hydrogen-bond donors (Lipinski definition) is 1. The van der Waals surface area contributed by atoms with Gasteiger partial charge in [0.15, 0.2) is 5.82 Å². The first kappa shape index (κ1) is 17.6. The third-order valence-electron chi connectivity index (χ3n) is 3.99. The molecule has 3 rings (SSSR count). The fourth-order valence-corrected chi connectivity index (χ4v) is 2.74. The molecule has 0 radical (unpaired) electrons. The Balaban J connectivity index is 1.68. The predicted octanol–water partition coefficient (Wildman–Crippen LogP) is 1.16. The molecular formula is C16H24N6O3. The first-order chi connectivity index (χ1) is 12.0. The summed E-state index contributed by atoms with van der Waals surface area (Å²) in [5, 5.41) is 3.87. The summed E-state index contributed by atoms with van der Waals surface area (Å²) in [6.45, 7) is 6.53. The molecular weight excluding hydrogens is 324 g/mol. The van der Waals surface area contributed by atoms with Crippen LogP contribution in [0.25, 0.3) is 0 Å². The van der Waals surface area contributed by atoms with Crippen LogP contribution in [-0.2, 0) is 22.5 Å². The minimum absolute atomic E-state index is 0.0525. The van der Waals surface area contributed by atoms with E-state index in [1.54, 1.807) is 7.11 Å². The molecule has 136 valence electrons. The van der Waals surface area contributed by atoms with Crippen LogP contribution in [0.5, 0.6) is 0 Å². The number of morpholine rings is 1. The summed E-state index contributed by atoms with van der Waals surface area (Å²) in [4.78, 5) is 15.1. The monoisotopic (exact) mass is 348 g/mol. The summed E-state index contributed by atoms with van der Waals surface area (Å²) < 4.78 is 16.1. The van der Waals surface area contributed by atoms with Crippen LogP contribution in [0.15, 0.2) is 10.6 Å². The van der Waals surface area contributed by atoms with Crippen LogP contribution < -0.4 is 10.6 Å². The predicted molar refractivity (Wildman–Crippen MR) is 91.2 cm³/mol. The lowest BCUT2D eigenvalue weighted by Crippen LogP contribution is -2.44. The van der Waals surface area contributed by atoms with Gasteiger partial charge in [0, 0.05) is 26.3 Å². The van der Waals surface area contributed by atoms with Gasteiger partial charge in [-0.05, 0) is 5.92 Å². The Kier molecular flexibility index (Phi) is 5.44. The molecule has 0 aromatic carbocycles. The fraction of sp³-hybridized carbons (Fsp3) is 0.625. The van der Waals surface area contributed by atoms with Gasteiger partial charge in [-0.3, -0.25) is 0 Å². The fourth-order valence-electron chi connectivity index (χ4n) is 2.74. The normalized spacial score (nSPS) is 18.1. The molecule has 25 heavy (non-hydrogen) atoms. The second kappa shape index (κ2) is 7.75. The van der Waals surface area contributed by atoms with Gasteiger partial charge in [-0.15, -0.1) is 0 Å². The standard InChI is InChI=1S/C16H24N6O3/c1-10(2)12-7-14(20-16(17)18-12)22-4-5-24-11(8-22)6-15-19-13(9-23-3)21-25-15/h7,10-11H,4-6,8-9H2,1-3H3,(H2,17,18,20)/t11-/m0/s1. The van der Waals surface area contributed by atoms with E-state index in [1.165, 1.54) is 0 Å². The Morgan fingerprint density at radius 2 is 2.20 bits per heavy atom. The summed E-state index contributed by atoms with van der Waals surface area (Å²) >= 11 is 0. The second-order valence-corrected chi connectivity index (χ2v) is 6.34. The molecule has 0 saturated carbocycles. The van der Waals surface area contributed by atoms with Gasteiger partial charge in [-0.1, -0.05) is 19.0 Å². The first-order valence-corrected chi connectivity index (χ1v) is 8.36. The van der Waals surface area contributed by atoms with Crippen LogP contribution in [0, 0.1) is 0 Å². The zero-order valence-electron chi connectivity index (χ0n) is 14.8. The Hall–Kier alpha value is -2.26. The van der Waals surface area contributed by atoms with E-state index in [9.17, 15) is 0 Å². The largest absolute Gasteiger partial charge is 0.377 e. The lowest BCUT2D eigenvalue weighted by Gasteiger charge is -2.33. The van der Waals surface area contributed by atoms with Crippen LogP contribution in [0.4, 0.5) is 11.8 Å². The Morgan fingerprint density at radius 1 is 1.36 bits per heavy atom. The molecule has 0 bridgehead atoms. The lowest BCUT2D eigenvalue weighted by atomic mass is 10.1. The number of nitrogens with two attached hydrogens (primary N) is 1. The molecule has 1 aliphatic heterocycles. The molecule has 1 aliphatic rings. The smallest absolute Gasteiger partial charge is 0.229 e. The van der Waals surface area contributed by atoms with E-state index in [-0.39, 0.29) is 6.10 Å². The maximum Gasteiger partial charge on any atom is 0.229 e. The Labute approximate surface area is 146 Å². The maximum absolute atomic E-state index is 5.87. The van der Waals surface area contributed by atoms with Gasteiger partial charge < -0.3 is 24.6 Å². The summed E-state index contributed by atoms with van der Waals surface area (Å²) in [6.07, 6.45) is 0.494. The molecule has 2 aromatic heterocycles. The molecule has 0 spiro atoms. The zero-order chi connectivity index (χ0) is 17.8. The summed E-state index contributed by atoms with van der Waals surface area (Å²) in [5.41, 5.74) is 6.80. The number of hydrogen-bond acceptors (Lipinski definition) is 9. The van der Waals surface area contributed by atoms with Crippen LogP contribution in [0.3, 0.4) is 0 Å². The van der Waals surface area contributed by atoms with Crippen molar-refractivity contribution < 1.29 is 14.0 Å². The molecule has 0 amide bonds. The van der Waals surface area contributed by atoms with E-state index in [0.29, 0.717) is 49.8 Å². The highest BCUT2D eigenvalue weighted by Gasteiger charge is 2.25. The molecule has 9 nitrogen and oxygen atoms in total. The van der Waals surface area contributed by atoms with Crippen LogP contribution in [-0.4, -0.2) is 53.0 Å². The Bertz CT molecular complexity index is 705. The minimum atomic E-state index is -0.0525. The maximum atomic E-state index is 5.87. The number of aromatic nitrogens is 4. The zero-order valence-corrected chi connectivity index (χ0v) is 14.8. The van der Waals surface area contributed by atoms with Crippen molar-refractivity contribution >= 4 is 11.8 Å². The molecule has 1 atom stereocenters. The third kappa shape index (κ3) is 4.43. The van der Waals surface area contributed by atoms with Gasteiger partial charge in [0.05, 0.1) is 24.8 Å². The Morgan fingerprint density at radius 3 is 2.96 bits per heavy atom. The van der Waals surface area contributed by atoms with Gasteiger partial charge in [0.2, 0.25) is 11.8 Å². The molecule has 2 N–H and O–H groups in total. The molecule has 9 heteroatoms. The summed E-state index contributed by atoms with van der Waals surface area (Å²) in [7, 11) is 1.59. The average molecular weight is 348 g/mol. The lowest BCUT2D eigenvalue weighted by molar-refractivity contribution is 0.0359. The van der Waals surface area contributed by atoms with E-state index in [1.807, 2.05) is 6.07 Å². The van der Waals surface area contributed by atoms with Crippen molar-refractivity contribution in [2.24, 2.45) is 0 Å². The first-order valence-electron chi connectivity index (χ1n) is 8.36. The number of methoxy groups -OCH3 is 1. The highest BCUT2D eigenvalue weighted by molar-refractivity contribution is 5.44. The quantitative estimate of drug-likeness (QED) is 0.821. The van der Waals surface area contributed by atoms with Crippen LogP contribution >= 0.6 is 0 Å². The van der Waals surface area contributed by atoms with Gasteiger partial charge in [-0.25, -0.2) is 4.98 Å². The van der Waals surface area contributed by atoms with E-state index in [0.717, 1.165) is 18.1 Å². The van der Waals surface area contributed by atoms with Crippen molar-refractivity contribution in [1.29, 1.82) is 0 Å². The van der Waals surface area contributed by atoms with Crippen molar-refractivity contribution in [2.45, 2.75) is 38.9 Å². The van der Waals surface area contributed by atoms with Gasteiger partial charge in [-0.2, -0.15) is 9.97 Å². The molecule has 2 aromatic rings. The summed E-state index contributed by atoms with van der Waals surface area (Å²) in [6, 6.07) is 1.99. The molecule has 3 heterocycles. The SMILES string of the molecule is COCc1noc(C[C@H]2CN(c3cc(C(C)C)nc(N)n3)CCO2)n1. The van der Waals surface area contributed by atoms with Crippen molar-refractivity contribution in [3.63, 3.8) is 0 Å². The third-order valence-corrected chi connectivity index (χ3v) is 3.99. The topological polar surface area (TPSA) is 112 Å². The van der Waals surface area contributed by atoms with Crippen molar-refractivity contribution in [2.75, 3.05) is 37.4 Å². The van der Waals surface area contributed by atoms with E-state index in [2.05, 4.69) is 38.9 Å². The van der Waals surface area contributed by atoms with E-state index in [4.69, 9.17) is 19.7 Å². The van der Waals surface area contributed by atoms with Crippen LogP contribution in [0.1, 0.15) is 37.2 Å². The number of ether oxygens (including phenoxy) is 2. The highest BCUT2D eigenvalue weighted by atomic mass is 16.5. The van der Waals surface area contributed by atoms with Gasteiger partial charge in [0.1, 0.15) is 12.4 Å². The molecule has 1 saturated heterocycles. The van der Waals surface area contributed by atoms with E-state index < -0.39 is 0 Å². The van der Waals surface area contributed by atoms with Gasteiger partial charge in [0.25, 0.3) is 0 Å². The number of anilines is 2. The second-order valence-electron chi connectivity index (χ2n) is 6.34. The highest BCUT2D eigenvalue weighted by Crippen LogP contribution is 2.22. The number of nitrogens with zero attached hydrogens (tertiary/aromatic N) is 5. The number of nitrogen functional groups attached to an aromatic ring is 1. The van der Waals surface area contributed by atoms with Crippen molar-refractivity contribution in [1.82, 2.24) is 20.1 Å². The van der Waals surface area contributed by atoms with Gasteiger partial charge >= 0.3 is 0 Å².